The van der Waals surface area contributed by atoms with Crippen LogP contribution in [0, 0.1) is 0 Å². The molecule has 0 radical (unpaired) electrons. The van der Waals surface area contributed by atoms with E-state index in [0.29, 0.717) is 0 Å². The molecular formula is C25H31N4OP. The lowest BCUT2D eigenvalue weighted by Gasteiger charge is -2.36. The summed E-state index contributed by atoms with van der Waals surface area (Å²) < 4.78 is 19.2. The van der Waals surface area contributed by atoms with Crippen LogP contribution in [0.15, 0.2) is 70.7 Å². The van der Waals surface area contributed by atoms with Crippen LogP contribution in [0.5, 0.6) is 0 Å². The van der Waals surface area contributed by atoms with Gasteiger partial charge in [-0.1, -0.05) is 63.1 Å². The molecule has 0 spiro atoms. The number of hydrogen-bond acceptors (Lipinski definition) is 3. The van der Waals surface area contributed by atoms with Gasteiger partial charge in [0, 0.05) is 36.9 Å². The number of benzene rings is 2. The van der Waals surface area contributed by atoms with E-state index in [1.165, 1.54) is 24.1 Å². The highest BCUT2D eigenvalue weighted by Gasteiger charge is 2.51. The first-order valence-corrected chi connectivity index (χ1v) is 12.9. The van der Waals surface area contributed by atoms with Crippen LogP contribution in [0.1, 0.15) is 45.1 Å². The fraction of sp³-hybridized carbons (Fsp3) is 0.400. The van der Waals surface area contributed by atoms with Crippen LogP contribution in [0.3, 0.4) is 0 Å². The summed E-state index contributed by atoms with van der Waals surface area (Å²) in [6.45, 7) is 6.17. The number of likely N-dealkylation sites (N-methyl/N-ethyl adjacent to an activating group) is 1. The van der Waals surface area contributed by atoms with Crippen LogP contribution in [-0.2, 0) is 9.98 Å². The second kappa shape index (κ2) is 7.65. The molecule has 1 fully saturated rings. The van der Waals surface area contributed by atoms with E-state index in [9.17, 15) is 0 Å². The molecule has 0 aliphatic carbocycles. The van der Waals surface area contributed by atoms with Crippen molar-refractivity contribution in [3.05, 3.63) is 71.2 Å². The Morgan fingerprint density at radius 3 is 2.23 bits per heavy atom. The Morgan fingerprint density at radius 1 is 0.903 bits per heavy atom. The van der Waals surface area contributed by atoms with E-state index < -0.39 is 7.44 Å². The topological polar surface area (TPSA) is 39.1 Å². The van der Waals surface area contributed by atoms with E-state index >= 15 is 4.57 Å². The zero-order chi connectivity index (χ0) is 21.6. The van der Waals surface area contributed by atoms with Crippen molar-refractivity contribution in [2.24, 2.45) is 5.10 Å². The zero-order valence-corrected chi connectivity index (χ0v) is 19.6. The van der Waals surface area contributed by atoms with Gasteiger partial charge >= 0.3 is 0 Å². The monoisotopic (exact) mass is 434 g/mol. The lowest BCUT2D eigenvalue weighted by Crippen LogP contribution is -2.32. The summed E-state index contributed by atoms with van der Waals surface area (Å²) in [5.74, 6) is 0. The fourth-order valence-corrected chi connectivity index (χ4v) is 8.51. The molecule has 31 heavy (non-hydrogen) atoms. The number of hydrazone groups is 1. The third-order valence-corrected chi connectivity index (χ3v) is 9.89. The van der Waals surface area contributed by atoms with Crippen molar-refractivity contribution in [3.8, 4) is 0 Å². The quantitative estimate of drug-likeness (QED) is 0.528. The van der Waals surface area contributed by atoms with E-state index in [2.05, 4.69) is 54.7 Å². The Labute approximate surface area is 185 Å². The van der Waals surface area contributed by atoms with Crippen molar-refractivity contribution < 1.29 is 4.57 Å². The SMILES string of the molecule is CN1C(=C2C=NN(c3ccccc3)P2(=O)N2CCCCCC2)C(C)(C)c2ccccc21. The van der Waals surface area contributed by atoms with Gasteiger partial charge in [0.1, 0.15) is 0 Å². The maximum absolute atomic E-state index is 15.2. The Kier molecular flexibility index (Phi) is 5.07. The molecule has 3 aliphatic heterocycles. The Morgan fingerprint density at radius 2 is 1.55 bits per heavy atom. The van der Waals surface area contributed by atoms with Gasteiger partial charge in [0.25, 0.3) is 7.44 Å². The minimum Gasteiger partial charge on any atom is -0.346 e. The normalized spacial score (nSPS) is 28.1. The molecule has 1 saturated heterocycles. The maximum Gasteiger partial charge on any atom is 0.292 e. The molecule has 0 aromatic heterocycles. The van der Waals surface area contributed by atoms with Gasteiger partial charge in [-0.2, -0.15) is 9.88 Å². The molecule has 2 aromatic rings. The summed E-state index contributed by atoms with van der Waals surface area (Å²) in [6.07, 6.45) is 6.43. The molecule has 1 atom stereocenters. The van der Waals surface area contributed by atoms with Crippen molar-refractivity contribution in [1.29, 1.82) is 0 Å². The second-order valence-corrected chi connectivity index (χ2v) is 11.7. The number of rotatable bonds is 2. The number of allylic oxidation sites excluding steroid dienone is 2. The zero-order valence-electron chi connectivity index (χ0n) is 18.7. The standard InChI is InChI=1S/C25H31N4OP/c1-25(2)21-15-9-10-16-22(21)27(3)24(25)23-19-26-29(20-13-7-6-8-14-20)31(23,30)28-17-11-4-5-12-18-28/h6-10,13-16,19H,4-5,11-12,17-18H2,1-3H3. The van der Waals surface area contributed by atoms with Gasteiger partial charge < -0.3 is 4.90 Å². The second-order valence-electron chi connectivity index (χ2n) is 9.22. The van der Waals surface area contributed by atoms with Gasteiger partial charge in [-0.3, -0.25) is 4.57 Å². The van der Waals surface area contributed by atoms with E-state index in [0.717, 1.165) is 42.6 Å². The predicted molar refractivity (Wildman–Crippen MR) is 130 cm³/mol. The van der Waals surface area contributed by atoms with Crippen LogP contribution in [-0.4, -0.2) is 31.0 Å². The number of para-hydroxylation sites is 2. The highest BCUT2D eigenvalue weighted by molar-refractivity contribution is 7.69. The summed E-state index contributed by atoms with van der Waals surface area (Å²) in [4.78, 5) is 2.23. The summed E-state index contributed by atoms with van der Waals surface area (Å²) in [6, 6.07) is 18.5. The third-order valence-electron chi connectivity index (χ3n) is 6.92. The van der Waals surface area contributed by atoms with Gasteiger partial charge in [0.05, 0.1) is 17.2 Å². The van der Waals surface area contributed by atoms with Crippen LogP contribution >= 0.6 is 7.44 Å². The molecule has 162 valence electrons. The Balaban J connectivity index is 1.71. The number of nitrogens with zero attached hydrogens (tertiary/aromatic N) is 4. The average Bonchev–Trinajstić information content (AvgIpc) is 3.05. The molecule has 2 aromatic carbocycles. The van der Waals surface area contributed by atoms with Crippen molar-refractivity contribution in [1.82, 2.24) is 4.67 Å². The molecule has 1 unspecified atom stereocenters. The minimum absolute atomic E-state index is 0.249. The highest BCUT2D eigenvalue weighted by atomic mass is 31.2. The number of hydrogen-bond donors (Lipinski definition) is 0. The van der Waals surface area contributed by atoms with E-state index in [1.807, 2.05) is 41.3 Å². The molecular weight excluding hydrogens is 403 g/mol. The molecule has 0 saturated carbocycles. The smallest absolute Gasteiger partial charge is 0.292 e. The molecule has 3 heterocycles. The predicted octanol–water partition coefficient (Wildman–Crippen LogP) is 6.20. The van der Waals surface area contributed by atoms with Crippen molar-refractivity contribution >= 4 is 25.0 Å². The van der Waals surface area contributed by atoms with Gasteiger partial charge in [-0.15, -0.1) is 0 Å². The van der Waals surface area contributed by atoms with Crippen molar-refractivity contribution in [2.45, 2.75) is 44.9 Å². The van der Waals surface area contributed by atoms with Gasteiger partial charge in [-0.05, 0) is 36.6 Å². The van der Waals surface area contributed by atoms with Crippen LogP contribution in [0.4, 0.5) is 11.4 Å². The molecule has 5 rings (SSSR count). The first kappa shape index (κ1) is 20.5. The summed E-state index contributed by atoms with van der Waals surface area (Å²) in [5, 5.41) is 5.65. The van der Waals surface area contributed by atoms with E-state index in [4.69, 9.17) is 5.10 Å². The molecule has 3 aliphatic rings. The minimum atomic E-state index is -3.13. The maximum atomic E-state index is 15.2. The van der Waals surface area contributed by atoms with Crippen molar-refractivity contribution in [3.63, 3.8) is 0 Å². The Hall–Kier alpha value is -2.36. The van der Waals surface area contributed by atoms with Crippen LogP contribution in [0.25, 0.3) is 0 Å². The van der Waals surface area contributed by atoms with Crippen molar-refractivity contribution in [2.75, 3.05) is 29.8 Å². The first-order valence-electron chi connectivity index (χ1n) is 11.3. The molecule has 6 heteroatoms. The molecule has 5 nitrogen and oxygen atoms in total. The van der Waals surface area contributed by atoms with Crippen LogP contribution < -0.4 is 9.68 Å². The van der Waals surface area contributed by atoms with E-state index in [-0.39, 0.29) is 5.41 Å². The molecule has 0 amide bonds. The first-order chi connectivity index (χ1) is 15.0. The summed E-state index contributed by atoms with van der Waals surface area (Å²) in [7, 11) is -1.03. The lowest BCUT2D eigenvalue weighted by atomic mass is 9.84. The van der Waals surface area contributed by atoms with Gasteiger partial charge in [-0.25, -0.2) is 4.67 Å². The lowest BCUT2D eigenvalue weighted by molar-refractivity contribution is 0.425. The third kappa shape index (κ3) is 3.09. The number of fused-ring (bicyclic) bond motifs is 1. The summed E-state index contributed by atoms with van der Waals surface area (Å²) in [5.41, 5.74) is 4.19. The highest BCUT2D eigenvalue weighted by Crippen LogP contribution is 2.67. The van der Waals surface area contributed by atoms with Gasteiger partial charge in [0.15, 0.2) is 0 Å². The van der Waals surface area contributed by atoms with Crippen LogP contribution in [0.2, 0.25) is 0 Å². The molecule has 0 bridgehead atoms. The summed E-state index contributed by atoms with van der Waals surface area (Å²) >= 11 is 0. The average molecular weight is 435 g/mol. The fourth-order valence-electron chi connectivity index (χ4n) is 5.39. The van der Waals surface area contributed by atoms with E-state index in [1.54, 1.807) is 0 Å². The Bertz CT molecular complexity index is 1080. The largest absolute Gasteiger partial charge is 0.346 e. The van der Waals surface area contributed by atoms with Gasteiger partial charge in [0.2, 0.25) is 0 Å². The number of anilines is 2. The molecule has 0 N–H and O–H groups in total.